The Kier molecular flexibility index (Phi) is 10.7. The summed E-state index contributed by atoms with van der Waals surface area (Å²) in [5.74, 6) is 0. The quantitative estimate of drug-likeness (QED) is 0.533. The molecule has 2 heteroatoms. The molecule has 0 aliphatic heterocycles. The molecule has 0 radical (unpaired) electrons. The first-order valence-electron chi connectivity index (χ1n) is 13.4. The minimum absolute atomic E-state index is 0.872. The van der Waals surface area contributed by atoms with E-state index in [1.807, 2.05) is 0 Å². The molecule has 4 fully saturated rings. The Labute approximate surface area is 176 Å². The Morgan fingerprint density at radius 1 is 0.500 bits per heavy atom. The minimum Gasteiger partial charge on any atom is -0.311 e. The maximum atomic E-state index is 3.86. The van der Waals surface area contributed by atoms with E-state index in [1.165, 1.54) is 135 Å². The topological polar surface area (TPSA) is 15.3 Å². The fraction of sp³-hybridized carbons (Fsp3) is 1.00. The molecule has 0 aromatic carbocycles. The second-order valence-electron chi connectivity index (χ2n) is 10.3. The van der Waals surface area contributed by atoms with Gasteiger partial charge in [0.05, 0.1) is 0 Å². The highest BCUT2D eigenvalue weighted by Crippen LogP contribution is 2.29. The van der Waals surface area contributed by atoms with Gasteiger partial charge < -0.3 is 5.32 Å². The highest BCUT2D eigenvalue weighted by atomic mass is 15.2. The van der Waals surface area contributed by atoms with Gasteiger partial charge in [-0.3, -0.25) is 4.90 Å². The predicted molar refractivity (Wildman–Crippen MR) is 123 cm³/mol. The predicted octanol–water partition coefficient (Wildman–Crippen LogP) is 7.22. The van der Waals surface area contributed by atoms with E-state index in [0.717, 1.165) is 24.2 Å². The third-order valence-corrected chi connectivity index (χ3v) is 8.13. The van der Waals surface area contributed by atoms with E-state index in [4.69, 9.17) is 0 Å². The zero-order valence-electron chi connectivity index (χ0n) is 19.1. The summed E-state index contributed by atoms with van der Waals surface area (Å²) in [6.45, 7) is 3.65. The van der Waals surface area contributed by atoms with Crippen LogP contribution in [0.15, 0.2) is 0 Å². The van der Waals surface area contributed by atoms with Gasteiger partial charge >= 0.3 is 0 Å². The van der Waals surface area contributed by atoms with E-state index < -0.39 is 0 Å². The molecule has 28 heavy (non-hydrogen) atoms. The lowest BCUT2D eigenvalue weighted by Gasteiger charge is -2.41. The molecule has 0 atom stereocenters. The van der Waals surface area contributed by atoms with E-state index >= 15 is 0 Å². The van der Waals surface area contributed by atoms with Gasteiger partial charge in [0.25, 0.3) is 0 Å². The molecule has 0 heterocycles. The van der Waals surface area contributed by atoms with Gasteiger partial charge in [0.15, 0.2) is 0 Å². The molecule has 2 nitrogen and oxygen atoms in total. The van der Waals surface area contributed by atoms with Crippen molar-refractivity contribution in [2.45, 2.75) is 160 Å². The first-order chi connectivity index (χ1) is 13.9. The van der Waals surface area contributed by atoms with Crippen LogP contribution in [0.3, 0.4) is 0 Å². The molecular weight excluding hydrogens is 340 g/mol. The monoisotopic (exact) mass is 390 g/mol. The molecule has 1 N–H and O–H groups in total. The van der Waals surface area contributed by atoms with Gasteiger partial charge in [0.2, 0.25) is 0 Å². The highest BCUT2D eigenvalue weighted by molar-refractivity contribution is 4.83. The van der Waals surface area contributed by atoms with Crippen LogP contribution in [-0.4, -0.2) is 35.6 Å². The van der Waals surface area contributed by atoms with Crippen LogP contribution in [-0.2, 0) is 0 Å². The smallest absolute Gasteiger partial charge is 0.00980 e. The van der Waals surface area contributed by atoms with Gasteiger partial charge in [-0.05, 0) is 57.9 Å². The molecule has 4 rings (SSSR count). The molecular formula is C26H50N2. The zero-order chi connectivity index (χ0) is 19.4. The maximum Gasteiger partial charge on any atom is 0.00980 e. The van der Waals surface area contributed by atoms with Crippen LogP contribution in [0.1, 0.15) is 135 Å². The van der Waals surface area contributed by atoms with Crippen molar-refractivity contribution < 1.29 is 0 Å². The number of nitrogens with one attached hydrogen (secondary N) is 1. The number of nitrogens with zero attached hydrogens (tertiary/aromatic N) is 1. The number of hydrogen-bond donors (Lipinski definition) is 1. The Bertz CT molecular complexity index is 338. The van der Waals surface area contributed by atoms with Crippen molar-refractivity contribution in [3.05, 3.63) is 0 Å². The van der Waals surface area contributed by atoms with Gasteiger partial charge in [0.1, 0.15) is 0 Å². The van der Waals surface area contributed by atoms with Crippen molar-refractivity contribution in [1.29, 1.82) is 0 Å². The summed E-state index contributed by atoms with van der Waals surface area (Å²) < 4.78 is 0. The van der Waals surface area contributed by atoms with Crippen molar-refractivity contribution in [3.8, 4) is 0 Å². The Hall–Kier alpha value is -0.0800. The lowest BCUT2D eigenvalue weighted by atomic mass is 9.89. The average Bonchev–Trinajstić information content (AvgIpc) is 2.78. The summed E-state index contributed by atoms with van der Waals surface area (Å²) in [5, 5.41) is 3.86. The van der Waals surface area contributed by atoms with Crippen molar-refractivity contribution in [3.63, 3.8) is 0 Å². The van der Waals surface area contributed by atoms with Crippen LogP contribution < -0.4 is 5.32 Å². The molecule has 0 aromatic heterocycles. The van der Waals surface area contributed by atoms with E-state index in [2.05, 4.69) is 17.1 Å². The van der Waals surface area contributed by atoms with Crippen molar-refractivity contribution in [2.24, 2.45) is 0 Å². The SMILES string of the molecule is C1CCC(NC2CCCCC2)CC1.CCN(C1CCCCC1)C1CCCCC1. The van der Waals surface area contributed by atoms with E-state index in [0.29, 0.717) is 0 Å². The fourth-order valence-electron chi connectivity index (χ4n) is 6.51. The third kappa shape index (κ3) is 7.63. The molecule has 4 aliphatic carbocycles. The zero-order valence-corrected chi connectivity index (χ0v) is 19.1. The average molecular weight is 391 g/mol. The molecule has 0 aromatic rings. The van der Waals surface area contributed by atoms with Gasteiger partial charge in [-0.1, -0.05) is 84.0 Å². The number of hydrogen-bond acceptors (Lipinski definition) is 2. The molecule has 0 spiro atoms. The molecule has 0 amide bonds. The third-order valence-electron chi connectivity index (χ3n) is 8.13. The second kappa shape index (κ2) is 13.3. The minimum atomic E-state index is 0.872. The number of rotatable bonds is 5. The summed E-state index contributed by atoms with van der Waals surface area (Å²) in [5.41, 5.74) is 0. The van der Waals surface area contributed by atoms with Crippen LogP contribution in [0.25, 0.3) is 0 Å². The Morgan fingerprint density at radius 3 is 1.14 bits per heavy atom. The van der Waals surface area contributed by atoms with Gasteiger partial charge in [0, 0.05) is 24.2 Å². The van der Waals surface area contributed by atoms with Gasteiger partial charge in [-0.25, -0.2) is 0 Å². The molecule has 164 valence electrons. The summed E-state index contributed by atoms with van der Waals surface area (Å²) in [6, 6.07) is 3.62. The highest BCUT2D eigenvalue weighted by Gasteiger charge is 2.27. The summed E-state index contributed by atoms with van der Waals surface area (Å²) in [6.07, 6.45) is 29.4. The van der Waals surface area contributed by atoms with Crippen LogP contribution in [0, 0.1) is 0 Å². The van der Waals surface area contributed by atoms with E-state index in [9.17, 15) is 0 Å². The fourth-order valence-corrected chi connectivity index (χ4v) is 6.51. The molecule has 0 saturated heterocycles. The summed E-state index contributed by atoms with van der Waals surface area (Å²) >= 11 is 0. The summed E-state index contributed by atoms with van der Waals surface area (Å²) in [7, 11) is 0. The first kappa shape index (κ1) is 22.6. The van der Waals surface area contributed by atoms with Crippen LogP contribution in [0.2, 0.25) is 0 Å². The van der Waals surface area contributed by atoms with Gasteiger partial charge in [-0.15, -0.1) is 0 Å². The Balaban J connectivity index is 0.000000162. The molecule has 0 bridgehead atoms. The lowest BCUT2D eigenvalue weighted by Crippen LogP contribution is -2.44. The van der Waals surface area contributed by atoms with E-state index in [-0.39, 0.29) is 0 Å². The maximum absolute atomic E-state index is 3.86. The van der Waals surface area contributed by atoms with Crippen LogP contribution in [0.4, 0.5) is 0 Å². The normalized spacial score (nSPS) is 26.8. The standard InChI is InChI=1S/C14H27N.C12H23N/c1-2-15(13-9-5-3-6-10-13)14-11-7-4-8-12-14;1-3-7-11(8-4-1)13-12-9-5-2-6-10-12/h13-14H,2-12H2,1H3;11-13H,1-10H2. The summed E-state index contributed by atoms with van der Waals surface area (Å²) in [4.78, 5) is 2.85. The van der Waals surface area contributed by atoms with E-state index in [1.54, 1.807) is 0 Å². The lowest BCUT2D eigenvalue weighted by molar-refractivity contribution is 0.0869. The Morgan fingerprint density at radius 2 is 0.821 bits per heavy atom. The molecule has 4 aliphatic rings. The molecule has 4 saturated carbocycles. The largest absolute Gasteiger partial charge is 0.311 e. The second-order valence-corrected chi connectivity index (χ2v) is 10.3. The van der Waals surface area contributed by atoms with Crippen LogP contribution in [0.5, 0.6) is 0 Å². The van der Waals surface area contributed by atoms with Crippen molar-refractivity contribution >= 4 is 0 Å². The first-order valence-corrected chi connectivity index (χ1v) is 13.4. The van der Waals surface area contributed by atoms with Gasteiger partial charge in [-0.2, -0.15) is 0 Å². The van der Waals surface area contributed by atoms with Crippen molar-refractivity contribution in [2.75, 3.05) is 6.54 Å². The van der Waals surface area contributed by atoms with Crippen LogP contribution >= 0.6 is 0 Å². The molecule has 0 unspecified atom stereocenters. The van der Waals surface area contributed by atoms with Crippen molar-refractivity contribution in [1.82, 2.24) is 10.2 Å².